The Kier molecular flexibility index (Phi) is 2.97. The molecule has 2 aromatic rings. The van der Waals surface area contributed by atoms with Crippen molar-refractivity contribution in [2.45, 2.75) is 6.54 Å². The molecule has 1 aromatic carbocycles. The third-order valence-electron chi connectivity index (χ3n) is 2.77. The molecule has 0 aliphatic carbocycles. The highest BCUT2D eigenvalue weighted by atomic mass is 35.5. The van der Waals surface area contributed by atoms with Gasteiger partial charge >= 0.3 is 0 Å². The Balaban J connectivity index is 1.93. The molecule has 0 atom stereocenters. The molecule has 18 heavy (non-hydrogen) atoms. The largest absolute Gasteiger partial charge is 0.482 e. The zero-order chi connectivity index (χ0) is 12.5. The van der Waals surface area contributed by atoms with Crippen LogP contribution in [-0.2, 0) is 11.3 Å². The van der Waals surface area contributed by atoms with Crippen LogP contribution >= 0.6 is 22.9 Å². The van der Waals surface area contributed by atoms with E-state index < -0.39 is 0 Å². The van der Waals surface area contributed by atoms with Crippen molar-refractivity contribution < 1.29 is 9.53 Å². The van der Waals surface area contributed by atoms with Gasteiger partial charge in [-0.1, -0.05) is 23.7 Å². The first kappa shape index (κ1) is 11.6. The number of thiophene rings is 1. The second kappa shape index (κ2) is 4.63. The molecule has 0 fully saturated rings. The quantitative estimate of drug-likeness (QED) is 0.844. The number of anilines is 1. The minimum Gasteiger partial charge on any atom is -0.482 e. The molecule has 3 nitrogen and oxygen atoms in total. The highest BCUT2D eigenvalue weighted by Gasteiger charge is 2.25. The lowest BCUT2D eigenvalue weighted by Gasteiger charge is -2.29. The van der Waals surface area contributed by atoms with Crippen LogP contribution < -0.4 is 9.64 Å². The molecule has 0 radical (unpaired) electrons. The predicted octanol–water partition coefficient (Wildman–Crippen LogP) is 3.33. The molecule has 0 saturated heterocycles. The maximum atomic E-state index is 11.9. The van der Waals surface area contributed by atoms with Gasteiger partial charge < -0.3 is 9.64 Å². The van der Waals surface area contributed by atoms with Crippen molar-refractivity contribution >= 4 is 34.5 Å². The average Bonchev–Trinajstić information content (AvgIpc) is 2.79. The van der Waals surface area contributed by atoms with E-state index in [2.05, 4.69) is 0 Å². The van der Waals surface area contributed by atoms with Crippen LogP contribution in [0, 0.1) is 0 Å². The maximum absolute atomic E-state index is 11.9. The number of para-hydroxylation sites is 2. The number of halogens is 1. The third-order valence-corrected chi connectivity index (χ3v) is 3.91. The molecule has 92 valence electrons. The summed E-state index contributed by atoms with van der Waals surface area (Å²) in [7, 11) is 0. The highest BCUT2D eigenvalue weighted by Crippen LogP contribution is 2.33. The number of fused-ring (bicyclic) bond motifs is 1. The van der Waals surface area contributed by atoms with E-state index in [1.54, 1.807) is 4.90 Å². The number of rotatable bonds is 2. The van der Waals surface area contributed by atoms with Gasteiger partial charge in [-0.2, -0.15) is 0 Å². The minimum atomic E-state index is -0.0315. The summed E-state index contributed by atoms with van der Waals surface area (Å²) in [5, 5.41) is 1.97. The van der Waals surface area contributed by atoms with E-state index >= 15 is 0 Å². The second-order valence-electron chi connectivity index (χ2n) is 4.00. The summed E-state index contributed by atoms with van der Waals surface area (Å²) >= 11 is 7.38. The topological polar surface area (TPSA) is 29.5 Å². The van der Waals surface area contributed by atoms with Crippen molar-refractivity contribution in [1.82, 2.24) is 0 Å². The zero-order valence-electron chi connectivity index (χ0n) is 9.43. The van der Waals surface area contributed by atoms with Crippen molar-refractivity contribution in [3.8, 4) is 5.75 Å². The van der Waals surface area contributed by atoms with Crippen LogP contribution in [0.4, 0.5) is 5.69 Å². The summed E-state index contributed by atoms with van der Waals surface area (Å²) in [6.45, 7) is 0.622. The number of benzene rings is 1. The number of hydrogen-bond acceptors (Lipinski definition) is 3. The van der Waals surface area contributed by atoms with E-state index in [9.17, 15) is 4.79 Å². The Morgan fingerprint density at radius 3 is 3.00 bits per heavy atom. The van der Waals surface area contributed by atoms with Crippen molar-refractivity contribution in [2.75, 3.05) is 11.5 Å². The third kappa shape index (κ3) is 2.09. The van der Waals surface area contributed by atoms with Crippen LogP contribution in [0.3, 0.4) is 0 Å². The first-order valence-electron chi connectivity index (χ1n) is 5.49. The summed E-state index contributed by atoms with van der Waals surface area (Å²) in [6.07, 6.45) is 0. The van der Waals surface area contributed by atoms with Crippen LogP contribution in [-0.4, -0.2) is 12.5 Å². The van der Waals surface area contributed by atoms with Crippen LogP contribution in [0.1, 0.15) is 5.56 Å². The molecule has 2 heterocycles. The van der Waals surface area contributed by atoms with Gasteiger partial charge in [-0.3, -0.25) is 4.79 Å². The van der Waals surface area contributed by atoms with Crippen molar-refractivity contribution in [3.63, 3.8) is 0 Å². The van der Waals surface area contributed by atoms with E-state index in [1.165, 1.54) is 11.3 Å². The molecule has 0 spiro atoms. The first-order valence-corrected chi connectivity index (χ1v) is 6.75. The van der Waals surface area contributed by atoms with Gasteiger partial charge in [-0.25, -0.2) is 0 Å². The standard InChI is InChI=1S/C13H10ClNO2S/c14-12-5-9(8-18-12)6-15-10-3-1-2-4-11(10)17-7-13(15)16/h1-5,8H,6-7H2. The molecule has 0 saturated carbocycles. The number of amides is 1. The summed E-state index contributed by atoms with van der Waals surface area (Å²) in [5.41, 5.74) is 1.85. The lowest BCUT2D eigenvalue weighted by Crippen LogP contribution is -2.38. The SMILES string of the molecule is O=C1COc2ccccc2N1Cc1csc(Cl)c1. The summed E-state index contributed by atoms with van der Waals surface area (Å²) in [4.78, 5) is 13.7. The Labute approximate surface area is 114 Å². The first-order chi connectivity index (χ1) is 8.74. The molecule has 1 amide bonds. The number of nitrogens with zero attached hydrogens (tertiary/aromatic N) is 1. The smallest absolute Gasteiger partial charge is 0.265 e. The van der Waals surface area contributed by atoms with Gasteiger partial charge in [-0.15, -0.1) is 11.3 Å². The molecule has 1 aliphatic heterocycles. The number of carbonyl (C=O) groups is 1. The molecule has 3 rings (SSSR count). The summed E-state index contributed by atoms with van der Waals surface area (Å²) in [6, 6.07) is 9.44. The minimum absolute atomic E-state index is 0.0315. The lowest BCUT2D eigenvalue weighted by atomic mass is 10.2. The number of hydrogen-bond donors (Lipinski definition) is 0. The number of ether oxygens (including phenoxy) is 1. The molecule has 0 N–H and O–H groups in total. The normalized spacial score (nSPS) is 14.3. The van der Waals surface area contributed by atoms with Gasteiger partial charge in [0.05, 0.1) is 16.6 Å². The molecular formula is C13H10ClNO2S. The summed E-state index contributed by atoms with van der Waals surface area (Å²) < 4.78 is 6.13. The van der Waals surface area contributed by atoms with E-state index in [0.29, 0.717) is 6.54 Å². The van der Waals surface area contributed by atoms with Crippen LogP contribution in [0.2, 0.25) is 4.34 Å². The zero-order valence-corrected chi connectivity index (χ0v) is 11.0. The van der Waals surface area contributed by atoms with Crippen LogP contribution in [0.25, 0.3) is 0 Å². The summed E-state index contributed by atoms with van der Waals surface area (Å²) in [5.74, 6) is 0.717. The Bertz CT molecular complexity index is 596. The fraction of sp³-hybridized carbons (Fsp3) is 0.154. The molecule has 1 aromatic heterocycles. The maximum Gasteiger partial charge on any atom is 0.265 e. The average molecular weight is 280 g/mol. The Morgan fingerprint density at radius 2 is 2.22 bits per heavy atom. The predicted molar refractivity (Wildman–Crippen MR) is 72.5 cm³/mol. The molecule has 1 aliphatic rings. The van der Waals surface area contributed by atoms with Gasteiger partial charge in [0.1, 0.15) is 5.75 Å². The molecular weight excluding hydrogens is 270 g/mol. The van der Waals surface area contributed by atoms with Crippen LogP contribution in [0.15, 0.2) is 35.7 Å². The molecule has 0 bridgehead atoms. The Hall–Kier alpha value is -1.52. The van der Waals surface area contributed by atoms with Gasteiger partial charge in [-0.05, 0) is 29.1 Å². The fourth-order valence-corrected chi connectivity index (χ4v) is 2.84. The fourth-order valence-electron chi connectivity index (χ4n) is 1.94. The van der Waals surface area contributed by atoms with Gasteiger partial charge in [0, 0.05) is 0 Å². The Morgan fingerprint density at radius 1 is 1.39 bits per heavy atom. The van der Waals surface area contributed by atoms with E-state index in [0.717, 1.165) is 21.3 Å². The number of carbonyl (C=O) groups excluding carboxylic acids is 1. The van der Waals surface area contributed by atoms with Crippen LogP contribution in [0.5, 0.6) is 5.75 Å². The van der Waals surface area contributed by atoms with Gasteiger partial charge in [0.2, 0.25) is 0 Å². The van der Waals surface area contributed by atoms with Gasteiger partial charge in [0.15, 0.2) is 6.61 Å². The van der Waals surface area contributed by atoms with E-state index in [4.69, 9.17) is 16.3 Å². The van der Waals surface area contributed by atoms with Crippen molar-refractivity contribution in [1.29, 1.82) is 0 Å². The highest BCUT2D eigenvalue weighted by molar-refractivity contribution is 7.14. The molecule has 5 heteroatoms. The van der Waals surface area contributed by atoms with Crippen molar-refractivity contribution in [2.24, 2.45) is 0 Å². The molecule has 0 unspecified atom stereocenters. The monoisotopic (exact) mass is 279 g/mol. The second-order valence-corrected chi connectivity index (χ2v) is 5.54. The van der Waals surface area contributed by atoms with E-state index in [1.807, 2.05) is 35.7 Å². The van der Waals surface area contributed by atoms with Gasteiger partial charge in [0.25, 0.3) is 5.91 Å². The lowest BCUT2D eigenvalue weighted by molar-refractivity contribution is -0.121. The van der Waals surface area contributed by atoms with Crippen molar-refractivity contribution in [3.05, 3.63) is 45.6 Å². The van der Waals surface area contributed by atoms with E-state index in [-0.39, 0.29) is 12.5 Å².